The van der Waals surface area contributed by atoms with Crippen LogP contribution in [0.15, 0.2) is 18.2 Å². The van der Waals surface area contributed by atoms with Crippen LogP contribution in [0.4, 0.5) is 8.78 Å². The summed E-state index contributed by atoms with van der Waals surface area (Å²) in [5.74, 6) is -1.46. The highest BCUT2D eigenvalue weighted by atomic mass is 19.2. The molecule has 13 heavy (non-hydrogen) atoms. The molecule has 0 aromatic heterocycles. The van der Waals surface area contributed by atoms with E-state index < -0.39 is 11.6 Å². The van der Waals surface area contributed by atoms with Gasteiger partial charge in [0.25, 0.3) is 0 Å². The number of rotatable bonds is 2. The van der Waals surface area contributed by atoms with E-state index in [1.54, 1.807) is 0 Å². The number of benzene rings is 1. The fraction of sp³-hybridized carbons (Fsp3) is 0.400. The van der Waals surface area contributed by atoms with Gasteiger partial charge in [0, 0.05) is 6.04 Å². The van der Waals surface area contributed by atoms with Crippen molar-refractivity contribution in [3.8, 4) is 0 Å². The molecular formula is C10H13F2N. The Morgan fingerprint density at radius 2 is 1.77 bits per heavy atom. The molecule has 0 amide bonds. The first-order chi connectivity index (χ1) is 6.02. The van der Waals surface area contributed by atoms with E-state index in [0.717, 1.165) is 12.1 Å². The molecule has 1 aromatic rings. The number of nitrogens with two attached hydrogens (primary N) is 1. The van der Waals surface area contributed by atoms with E-state index in [0.29, 0.717) is 5.56 Å². The minimum atomic E-state index is -0.839. The highest BCUT2D eigenvalue weighted by molar-refractivity contribution is 5.21. The summed E-state index contributed by atoms with van der Waals surface area (Å²) in [5.41, 5.74) is 6.40. The molecule has 0 saturated carbocycles. The molecule has 1 nitrogen and oxygen atoms in total. The van der Waals surface area contributed by atoms with Crippen LogP contribution >= 0.6 is 0 Å². The maximum atomic E-state index is 12.8. The Kier molecular flexibility index (Phi) is 2.98. The van der Waals surface area contributed by atoms with Crippen molar-refractivity contribution in [1.29, 1.82) is 0 Å². The monoisotopic (exact) mass is 185 g/mol. The third kappa shape index (κ3) is 2.25. The van der Waals surface area contributed by atoms with Crippen molar-refractivity contribution in [2.24, 2.45) is 11.7 Å². The SMILES string of the molecule is CC(C)[C@H](N)c1ccc(F)c(F)c1. The van der Waals surface area contributed by atoms with E-state index in [4.69, 9.17) is 5.73 Å². The van der Waals surface area contributed by atoms with E-state index in [2.05, 4.69) is 0 Å². The summed E-state index contributed by atoms with van der Waals surface area (Å²) in [7, 11) is 0. The lowest BCUT2D eigenvalue weighted by Crippen LogP contribution is -2.16. The molecule has 0 spiro atoms. The molecule has 0 fully saturated rings. The first-order valence-corrected chi connectivity index (χ1v) is 4.23. The Morgan fingerprint density at radius 1 is 1.15 bits per heavy atom. The third-order valence-corrected chi connectivity index (χ3v) is 2.05. The maximum absolute atomic E-state index is 12.8. The van der Waals surface area contributed by atoms with Crippen LogP contribution in [0.3, 0.4) is 0 Å². The fourth-order valence-electron chi connectivity index (χ4n) is 1.10. The van der Waals surface area contributed by atoms with Gasteiger partial charge in [-0.2, -0.15) is 0 Å². The fourth-order valence-corrected chi connectivity index (χ4v) is 1.10. The zero-order chi connectivity index (χ0) is 10.0. The standard InChI is InChI=1S/C10H13F2N/c1-6(2)10(13)7-3-4-8(11)9(12)5-7/h3-6,10H,13H2,1-2H3/t10-/m0/s1. The molecule has 0 saturated heterocycles. The Bertz CT molecular complexity index is 297. The normalized spacial score (nSPS) is 13.4. The van der Waals surface area contributed by atoms with Gasteiger partial charge in [-0.3, -0.25) is 0 Å². The molecule has 1 rings (SSSR count). The van der Waals surface area contributed by atoms with Crippen LogP contribution in [-0.2, 0) is 0 Å². The van der Waals surface area contributed by atoms with Gasteiger partial charge in [0.1, 0.15) is 0 Å². The van der Waals surface area contributed by atoms with Gasteiger partial charge in [0.15, 0.2) is 11.6 Å². The van der Waals surface area contributed by atoms with Gasteiger partial charge in [-0.25, -0.2) is 8.78 Å². The average Bonchev–Trinajstić information content (AvgIpc) is 2.08. The van der Waals surface area contributed by atoms with Crippen molar-refractivity contribution in [3.63, 3.8) is 0 Å². The van der Waals surface area contributed by atoms with Gasteiger partial charge in [0.2, 0.25) is 0 Å². The molecule has 1 atom stereocenters. The van der Waals surface area contributed by atoms with Gasteiger partial charge < -0.3 is 5.73 Å². The van der Waals surface area contributed by atoms with Crippen LogP contribution in [0.2, 0.25) is 0 Å². The topological polar surface area (TPSA) is 26.0 Å². The highest BCUT2D eigenvalue weighted by Gasteiger charge is 2.12. The molecule has 0 radical (unpaired) electrons. The Hall–Kier alpha value is -0.960. The summed E-state index contributed by atoms with van der Waals surface area (Å²) in [5, 5.41) is 0. The van der Waals surface area contributed by atoms with Gasteiger partial charge in [0.05, 0.1) is 0 Å². The summed E-state index contributed by atoms with van der Waals surface area (Å²) in [6, 6.07) is 3.53. The summed E-state index contributed by atoms with van der Waals surface area (Å²) < 4.78 is 25.3. The van der Waals surface area contributed by atoms with Crippen molar-refractivity contribution in [3.05, 3.63) is 35.4 Å². The minimum Gasteiger partial charge on any atom is -0.324 e. The molecule has 0 aliphatic carbocycles. The van der Waals surface area contributed by atoms with Crippen molar-refractivity contribution in [2.75, 3.05) is 0 Å². The predicted octanol–water partition coefficient (Wildman–Crippen LogP) is 2.62. The molecule has 0 aliphatic heterocycles. The third-order valence-electron chi connectivity index (χ3n) is 2.05. The van der Waals surface area contributed by atoms with E-state index in [9.17, 15) is 8.78 Å². The summed E-state index contributed by atoms with van der Waals surface area (Å²) in [4.78, 5) is 0. The maximum Gasteiger partial charge on any atom is 0.159 e. The van der Waals surface area contributed by atoms with Gasteiger partial charge in [-0.1, -0.05) is 19.9 Å². The Morgan fingerprint density at radius 3 is 2.23 bits per heavy atom. The molecule has 1 aromatic carbocycles. The molecule has 0 unspecified atom stereocenters. The van der Waals surface area contributed by atoms with Crippen LogP contribution in [-0.4, -0.2) is 0 Å². The summed E-state index contributed by atoms with van der Waals surface area (Å²) in [6.07, 6.45) is 0. The van der Waals surface area contributed by atoms with E-state index >= 15 is 0 Å². The van der Waals surface area contributed by atoms with Crippen molar-refractivity contribution < 1.29 is 8.78 Å². The molecule has 0 heterocycles. The Balaban J connectivity index is 2.97. The zero-order valence-corrected chi connectivity index (χ0v) is 7.72. The molecule has 0 bridgehead atoms. The molecule has 2 N–H and O–H groups in total. The largest absolute Gasteiger partial charge is 0.324 e. The second-order valence-electron chi connectivity index (χ2n) is 3.44. The predicted molar refractivity (Wildman–Crippen MR) is 48.1 cm³/mol. The average molecular weight is 185 g/mol. The van der Waals surface area contributed by atoms with E-state index in [1.165, 1.54) is 6.07 Å². The quantitative estimate of drug-likeness (QED) is 0.753. The van der Waals surface area contributed by atoms with Crippen molar-refractivity contribution in [2.45, 2.75) is 19.9 Å². The lowest BCUT2D eigenvalue weighted by Gasteiger charge is -2.15. The molecule has 72 valence electrons. The van der Waals surface area contributed by atoms with Gasteiger partial charge in [-0.05, 0) is 23.6 Å². The molecule has 3 heteroatoms. The first kappa shape index (κ1) is 10.1. The zero-order valence-electron chi connectivity index (χ0n) is 7.72. The lowest BCUT2D eigenvalue weighted by atomic mass is 9.97. The van der Waals surface area contributed by atoms with E-state index in [-0.39, 0.29) is 12.0 Å². The van der Waals surface area contributed by atoms with Crippen LogP contribution in [0.5, 0.6) is 0 Å². The van der Waals surface area contributed by atoms with Crippen LogP contribution in [0.1, 0.15) is 25.5 Å². The smallest absolute Gasteiger partial charge is 0.159 e. The van der Waals surface area contributed by atoms with Crippen LogP contribution in [0, 0.1) is 17.6 Å². The number of hydrogen-bond donors (Lipinski definition) is 1. The first-order valence-electron chi connectivity index (χ1n) is 4.23. The second kappa shape index (κ2) is 3.83. The molecular weight excluding hydrogens is 172 g/mol. The molecule has 0 aliphatic rings. The Labute approximate surface area is 76.6 Å². The van der Waals surface area contributed by atoms with Crippen LogP contribution < -0.4 is 5.73 Å². The van der Waals surface area contributed by atoms with Gasteiger partial charge in [-0.15, -0.1) is 0 Å². The lowest BCUT2D eigenvalue weighted by molar-refractivity contribution is 0.488. The second-order valence-corrected chi connectivity index (χ2v) is 3.44. The van der Waals surface area contributed by atoms with Gasteiger partial charge >= 0.3 is 0 Å². The number of halogens is 2. The van der Waals surface area contributed by atoms with Crippen molar-refractivity contribution >= 4 is 0 Å². The van der Waals surface area contributed by atoms with Crippen LogP contribution in [0.25, 0.3) is 0 Å². The van der Waals surface area contributed by atoms with Crippen molar-refractivity contribution in [1.82, 2.24) is 0 Å². The summed E-state index contributed by atoms with van der Waals surface area (Å²) in [6.45, 7) is 3.87. The summed E-state index contributed by atoms with van der Waals surface area (Å²) >= 11 is 0. The number of hydrogen-bond acceptors (Lipinski definition) is 1. The highest BCUT2D eigenvalue weighted by Crippen LogP contribution is 2.20. The minimum absolute atomic E-state index is 0.213. The van der Waals surface area contributed by atoms with E-state index in [1.807, 2.05) is 13.8 Å².